The Labute approximate surface area is 154 Å². The van der Waals surface area contributed by atoms with E-state index in [9.17, 15) is 4.79 Å². The quantitative estimate of drug-likeness (QED) is 0.784. The number of hydrogen-bond acceptors (Lipinski definition) is 3. The van der Waals surface area contributed by atoms with E-state index in [0.29, 0.717) is 16.6 Å². The molecule has 2 rings (SSSR count). The maximum Gasteiger partial charge on any atom is 0.410 e. The molecule has 1 saturated heterocycles. The highest BCUT2D eigenvalue weighted by Crippen LogP contribution is 2.23. The van der Waals surface area contributed by atoms with Crippen molar-refractivity contribution in [3.05, 3.63) is 34.9 Å². The lowest BCUT2D eigenvalue weighted by Gasteiger charge is -2.30. The van der Waals surface area contributed by atoms with Gasteiger partial charge in [-0.25, -0.2) is 4.79 Å². The first-order valence-corrected chi connectivity index (χ1v) is 9.01. The Kier molecular flexibility index (Phi) is 6.10. The van der Waals surface area contributed by atoms with Crippen LogP contribution in [0, 0.1) is 0 Å². The van der Waals surface area contributed by atoms with E-state index in [-0.39, 0.29) is 18.2 Å². The monoisotopic (exact) mass is 368 g/mol. The molecule has 1 aliphatic rings. The number of benzene rings is 1. The first-order valence-electron chi connectivity index (χ1n) is 8.23. The standard InChI is InChI=1S/C18H25ClN2O2S/c1-12(13-7-9-14(19)10-8-13)20-16(24)15-6-5-11-21(15)17(22)23-18(2,3)4/h7-10,12,15H,5-6,11H2,1-4H3,(H,20,24)/t12-,15+/m0/s1. The minimum absolute atomic E-state index is 0.0517. The van der Waals surface area contributed by atoms with Gasteiger partial charge in [-0.2, -0.15) is 0 Å². The van der Waals surface area contributed by atoms with Gasteiger partial charge in [-0.05, 0) is 58.2 Å². The fourth-order valence-electron chi connectivity index (χ4n) is 2.72. The van der Waals surface area contributed by atoms with E-state index in [1.807, 2.05) is 52.0 Å². The minimum Gasteiger partial charge on any atom is -0.444 e. The second-order valence-electron chi connectivity index (χ2n) is 7.11. The van der Waals surface area contributed by atoms with Gasteiger partial charge in [0.05, 0.1) is 11.0 Å². The Morgan fingerprint density at radius 2 is 2.00 bits per heavy atom. The smallest absolute Gasteiger partial charge is 0.410 e. The molecule has 0 unspecified atom stereocenters. The van der Waals surface area contributed by atoms with Gasteiger partial charge < -0.3 is 10.1 Å². The van der Waals surface area contributed by atoms with E-state index in [1.54, 1.807) is 4.90 Å². The van der Waals surface area contributed by atoms with Crippen molar-refractivity contribution in [2.75, 3.05) is 6.54 Å². The predicted molar refractivity (Wildman–Crippen MR) is 102 cm³/mol. The first kappa shape index (κ1) is 19.0. The van der Waals surface area contributed by atoms with Crippen molar-refractivity contribution in [3.8, 4) is 0 Å². The number of thiocarbonyl (C=S) groups is 1. The van der Waals surface area contributed by atoms with Crippen LogP contribution in [0.1, 0.15) is 52.1 Å². The van der Waals surface area contributed by atoms with E-state index in [2.05, 4.69) is 5.32 Å². The highest BCUT2D eigenvalue weighted by atomic mass is 35.5. The number of nitrogens with zero attached hydrogens (tertiary/aromatic N) is 1. The van der Waals surface area contributed by atoms with Crippen LogP contribution in [0.4, 0.5) is 4.79 Å². The molecule has 2 atom stereocenters. The molecule has 24 heavy (non-hydrogen) atoms. The topological polar surface area (TPSA) is 41.6 Å². The Morgan fingerprint density at radius 1 is 1.38 bits per heavy atom. The summed E-state index contributed by atoms with van der Waals surface area (Å²) in [4.78, 5) is 14.8. The third-order valence-corrected chi connectivity index (χ3v) is 4.55. The van der Waals surface area contributed by atoms with Crippen LogP contribution in [0.3, 0.4) is 0 Å². The summed E-state index contributed by atoms with van der Waals surface area (Å²) in [5, 5.41) is 4.05. The lowest BCUT2D eigenvalue weighted by atomic mass is 10.1. The fourth-order valence-corrected chi connectivity index (χ4v) is 3.27. The maximum atomic E-state index is 12.4. The number of rotatable bonds is 3. The van der Waals surface area contributed by atoms with Crippen LogP contribution in [0.2, 0.25) is 5.02 Å². The van der Waals surface area contributed by atoms with Crippen LogP contribution in [0.15, 0.2) is 24.3 Å². The molecule has 1 N–H and O–H groups in total. The Hall–Kier alpha value is -1.33. The van der Waals surface area contributed by atoms with Gasteiger partial charge in [0.15, 0.2) is 0 Å². The van der Waals surface area contributed by atoms with Crippen LogP contribution in [-0.4, -0.2) is 34.2 Å². The summed E-state index contributed by atoms with van der Waals surface area (Å²) in [5.74, 6) is 0. The van der Waals surface area contributed by atoms with E-state index in [0.717, 1.165) is 18.4 Å². The molecule has 4 nitrogen and oxygen atoms in total. The number of amides is 1. The molecule has 0 saturated carbocycles. The molecule has 0 aromatic heterocycles. The number of hydrogen-bond donors (Lipinski definition) is 1. The zero-order valence-electron chi connectivity index (χ0n) is 14.6. The zero-order valence-corrected chi connectivity index (χ0v) is 16.2. The van der Waals surface area contributed by atoms with Gasteiger partial charge >= 0.3 is 6.09 Å². The molecule has 1 aromatic carbocycles. The highest BCUT2D eigenvalue weighted by Gasteiger charge is 2.35. The Balaban J connectivity index is 2.00. The first-order chi connectivity index (χ1) is 11.2. The second-order valence-corrected chi connectivity index (χ2v) is 7.99. The molecule has 1 aliphatic heterocycles. The second kappa shape index (κ2) is 7.70. The van der Waals surface area contributed by atoms with Crippen LogP contribution < -0.4 is 5.32 Å². The van der Waals surface area contributed by atoms with Gasteiger partial charge in [0.2, 0.25) is 0 Å². The van der Waals surface area contributed by atoms with Gasteiger partial charge in [-0.15, -0.1) is 0 Å². The van der Waals surface area contributed by atoms with Gasteiger partial charge in [-0.3, -0.25) is 4.90 Å². The van der Waals surface area contributed by atoms with Gasteiger partial charge in [0, 0.05) is 17.6 Å². The number of likely N-dealkylation sites (tertiary alicyclic amines) is 1. The van der Waals surface area contributed by atoms with Crippen LogP contribution in [0.5, 0.6) is 0 Å². The predicted octanol–water partition coefficient (Wildman–Crippen LogP) is 4.72. The van der Waals surface area contributed by atoms with Crippen LogP contribution in [0.25, 0.3) is 0 Å². The molecule has 0 bridgehead atoms. The average molecular weight is 369 g/mol. The summed E-state index contributed by atoms with van der Waals surface area (Å²) in [7, 11) is 0. The van der Waals surface area contributed by atoms with E-state index in [4.69, 9.17) is 28.6 Å². The SMILES string of the molecule is C[C@H](NC(=S)[C@H]1CCCN1C(=O)OC(C)(C)C)c1ccc(Cl)cc1. The summed E-state index contributed by atoms with van der Waals surface area (Å²) in [6, 6.07) is 7.62. The van der Waals surface area contributed by atoms with E-state index in [1.165, 1.54) is 0 Å². The molecule has 1 fully saturated rings. The molecule has 1 aromatic rings. The largest absolute Gasteiger partial charge is 0.444 e. The van der Waals surface area contributed by atoms with Crippen molar-refractivity contribution in [2.45, 2.75) is 58.2 Å². The van der Waals surface area contributed by atoms with Crippen molar-refractivity contribution < 1.29 is 9.53 Å². The summed E-state index contributed by atoms with van der Waals surface area (Å²) in [6.45, 7) is 8.33. The van der Waals surface area contributed by atoms with Gasteiger partial charge in [0.25, 0.3) is 0 Å². The number of halogens is 1. The van der Waals surface area contributed by atoms with Crippen molar-refractivity contribution in [3.63, 3.8) is 0 Å². The number of carbonyl (C=O) groups is 1. The van der Waals surface area contributed by atoms with Crippen molar-refractivity contribution in [2.24, 2.45) is 0 Å². The lowest BCUT2D eigenvalue weighted by molar-refractivity contribution is 0.0265. The summed E-state index contributed by atoms with van der Waals surface area (Å²) in [5.41, 5.74) is 0.596. The van der Waals surface area contributed by atoms with Crippen LogP contribution >= 0.6 is 23.8 Å². The zero-order chi connectivity index (χ0) is 17.9. The van der Waals surface area contributed by atoms with E-state index < -0.39 is 5.60 Å². The van der Waals surface area contributed by atoms with Gasteiger partial charge in [0.1, 0.15) is 5.60 Å². The molecule has 0 radical (unpaired) electrons. The molecule has 6 heteroatoms. The van der Waals surface area contributed by atoms with Gasteiger partial charge in [-0.1, -0.05) is 36.0 Å². The molecule has 1 amide bonds. The minimum atomic E-state index is -0.504. The Morgan fingerprint density at radius 3 is 2.58 bits per heavy atom. The summed E-state index contributed by atoms with van der Waals surface area (Å²) < 4.78 is 5.49. The number of carbonyl (C=O) groups excluding carboxylic acids is 1. The van der Waals surface area contributed by atoms with Crippen molar-refractivity contribution in [1.82, 2.24) is 10.2 Å². The molecule has 132 valence electrons. The molecule has 0 spiro atoms. The lowest BCUT2D eigenvalue weighted by Crippen LogP contribution is -2.47. The average Bonchev–Trinajstić information content (AvgIpc) is 2.95. The van der Waals surface area contributed by atoms with Crippen molar-refractivity contribution in [1.29, 1.82) is 0 Å². The van der Waals surface area contributed by atoms with E-state index >= 15 is 0 Å². The van der Waals surface area contributed by atoms with Crippen molar-refractivity contribution >= 4 is 34.9 Å². The maximum absolute atomic E-state index is 12.4. The molecule has 1 heterocycles. The molecule has 0 aliphatic carbocycles. The third kappa shape index (κ3) is 5.08. The fraction of sp³-hybridized carbons (Fsp3) is 0.556. The molecular weight excluding hydrogens is 344 g/mol. The summed E-state index contributed by atoms with van der Waals surface area (Å²) >= 11 is 11.5. The Bertz CT molecular complexity index is 598. The summed E-state index contributed by atoms with van der Waals surface area (Å²) in [6.07, 6.45) is 1.49. The molecular formula is C18H25ClN2O2S. The van der Waals surface area contributed by atoms with Crippen LogP contribution in [-0.2, 0) is 4.74 Å². The number of ether oxygens (including phenoxy) is 1. The third-order valence-electron chi connectivity index (χ3n) is 3.91. The number of nitrogens with one attached hydrogen (secondary N) is 1. The highest BCUT2D eigenvalue weighted by molar-refractivity contribution is 7.80. The normalized spacial score (nSPS) is 19.0.